The summed E-state index contributed by atoms with van der Waals surface area (Å²) in [4.78, 5) is 11.2. The van der Waals surface area contributed by atoms with Crippen LogP contribution in [0.15, 0.2) is 42.6 Å². The normalized spacial score (nSPS) is 14.3. The molecule has 0 spiro atoms. The number of ether oxygens (including phenoxy) is 2. The SMILES string of the molecule is Cc1cccc(-c2ccn(-c3cc(N4CCOCC4)nc(OCCN)n3)n2)c1. The van der Waals surface area contributed by atoms with Gasteiger partial charge in [-0.15, -0.1) is 0 Å². The average molecular weight is 380 g/mol. The van der Waals surface area contributed by atoms with Crippen LogP contribution in [0.25, 0.3) is 17.1 Å². The zero-order valence-corrected chi connectivity index (χ0v) is 15.9. The highest BCUT2D eigenvalue weighted by Gasteiger charge is 2.17. The van der Waals surface area contributed by atoms with E-state index in [1.165, 1.54) is 5.56 Å². The molecule has 8 heteroatoms. The van der Waals surface area contributed by atoms with Crippen LogP contribution >= 0.6 is 0 Å². The van der Waals surface area contributed by atoms with Gasteiger partial charge in [0.25, 0.3) is 0 Å². The largest absolute Gasteiger partial charge is 0.462 e. The number of rotatable bonds is 6. The van der Waals surface area contributed by atoms with Gasteiger partial charge in [-0.1, -0.05) is 23.8 Å². The lowest BCUT2D eigenvalue weighted by atomic mass is 10.1. The van der Waals surface area contributed by atoms with Gasteiger partial charge in [0.2, 0.25) is 0 Å². The topological polar surface area (TPSA) is 91.3 Å². The van der Waals surface area contributed by atoms with Gasteiger partial charge in [0.15, 0.2) is 5.82 Å². The predicted molar refractivity (Wildman–Crippen MR) is 107 cm³/mol. The van der Waals surface area contributed by atoms with Crippen LogP contribution in [0.3, 0.4) is 0 Å². The summed E-state index contributed by atoms with van der Waals surface area (Å²) in [5.74, 6) is 1.45. The molecule has 0 atom stereocenters. The minimum Gasteiger partial charge on any atom is -0.462 e. The molecule has 0 radical (unpaired) electrons. The van der Waals surface area contributed by atoms with Gasteiger partial charge in [0.1, 0.15) is 12.4 Å². The molecule has 1 saturated heterocycles. The minimum absolute atomic E-state index is 0.303. The van der Waals surface area contributed by atoms with E-state index < -0.39 is 0 Å². The van der Waals surface area contributed by atoms with E-state index in [1.54, 1.807) is 4.68 Å². The Labute approximate surface area is 163 Å². The van der Waals surface area contributed by atoms with Crippen molar-refractivity contribution in [2.75, 3.05) is 44.4 Å². The average Bonchev–Trinajstić information content (AvgIpc) is 3.23. The second-order valence-electron chi connectivity index (χ2n) is 6.62. The summed E-state index contributed by atoms with van der Waals surface area (Å²) in [5.41, 5.74) is 8.72. The fraction of sp³-hybridized carbons (Fsp3) is 0.350. The van der Waals surface area contributed by atoms with Crippen molar-refractivity contribution in [1.82, 2.24) is 19.7 Å². The van der Waals surface area contributed by atoms with E-state index in [-0.39, 0.29) is 0 Å². The van der Waals surface area contributed by atoms with Crippen LogP contribution in [0.1, 0.15) is 5.56 Å². The lowest BCUT2D eigenvalue weighted by Gasteiger charge is -2.28. The van der Waals surface area contributed by atoms with Crippen LogP contribution in [0.2, 0.25) is 0 Å². The zero-order valence-electron chi connectivity index (χ0n) is 15.9. The molecular weight excluding hydrogens is 356 g/mol. The molecule has 1 aromatic carbocycles. The monoisotopic (exact) mass is 380 g/mol. The lowest BCUT2D eigenvalue weighted by Crippen LogP contribution is -2.37. The summed E-state index contributed by atoms with van der Waals surface area (Å²) in [5, 5.41) is 4.70. The third-order valence-electron chi connectivity index (χ3n) is 4.50. The fourth-order valence-corrected chi connectivity index (χ4v) is 3.10. The molecule has 146 valence electrons. The Balaban J connectivity index is 1.67. The number of nitrogens with two attached hydrogens (primary N) is 1. The smallest absolute Gasteiger partial charge is 0.320 e. The van der Waals surface area contributed by atoms with E-state index in [9.17, 15) is 0 Å². The van der Waals surface area contributed by atoms with Crippen molar-refractivity contribution in [3.63, 3.8) is 0 Å². The molecule has 4 rings (SSSR count). The van der Waals surface area contributed by atoms with Crippen LogP contribution < -0.4 is 15.4 Å². The number of morpholine rings is 1. The molecule has 0 unspecified atom stereocenters. The second-order valence-corrected chi connectivity index (χ2v) is 6.62. The first-order valence-electron chi connectivity index (χ1n) is 9.41. The van der Waals surface area contributed by atoms with Crippen LogP contribution in [-0.4, -0.2) is 59.2 Å². The first-order chi connectivity index (χ1) is 13.7. The second kappa shape index (κ2) is 8.37. The standard InChI is InChI=1S/C20H24N6O2/c1-15-3-2-4-16(13-15)17-5-7-26(24-17)19-14-18(25-8-11-27-12-9-25)22-20(23-19)28-10-6-21/h2-5,7,13-14H,6,8-12,21H2,1H3. The molecule has 1 aliphatic rings. The lowest BCUT2D eigenvalue weighted by molar-refractivity contribution is 0.122. The summed E-state index contributed by atoms with van der Waals surface area (Å²) in [6.07, 6.45) is 1.90. The molecule has 0 bridgehead atoms. The first-order valence-corrected chi connectivity index (χ1v) is 9.41. The first kappa shape index (κ1) is 18.4. The van der Waals surface area contributed by atoms with Crippen molar-refractivity contribution in [3.8, 4) is 23.1 Å². The molecule has 0 amide bonds. The maximum absolute atomic E-state index is 5.61. The highest BCUT2D eigenvalue weighted by Crippen LogP contribution is 2.22. The van der Waals surface area contributed by atoms with Crippen LogP contribution in [0.5, 0.6) is 6.01 Å². The summed E-state index contributed by atoms with van der Waals surface area (Å²) >= 11 is 0. The number of benzene rings is 1. The van der Waals surface area contributed by atoms with Gasteiger partial charge >= 0.3 is 6.01 Å². The molecule has 2 aromatic heterocycles. The molecular formula is C20H24N6O2. The van der Waals surface area contributed by atoms with Crippen molar-refractivity contribution >= 4 is 5.82 Å². The van der Waals surface area contributed by atoms with E-state index in [0.717, 1.165) is 30.2 Å². The van der Waals surface area contributed by atoms with Crippen LogP contribution in [0.4, 0.5) is 5.82 Å². The Bertz CT molecular complexity index is 936. The van der Waals surface area contributed by atoms with E-state index in [0.29, 0.717) is 38.2 Å². The molecule has 28 heavy (non-hydrogen) atoms. The molecule has 2 N–H and O–H groups in total. The Hall–Kier alpha value is -2.97. The molecule has 3 heterocycles. The highest BCUT2D eigenvalue weighted by atomic mass is 16.5. The third kappa shape index (κ3) is 4.13. The van der Waals surface area contributed by atoms with Crippen molar-refractivity contribution in [2.45, 2.75) is 6.92 Å². The summed E-state index contributed by atoms with van der Waals surface area (Å²) in [7, 11) is 0. The van der Waals surface area contributed by atoms with E-state index >= 15 is 0 Å². The Morgan fingerprint density at radius 1 is 1.11 bits per heavy atom. The fourth-order valence-electron chi connectivity index (χ4n) is 3.10. The summed E-state index contributed by atoms with van der Waals surface area (Å²) in [6, 6.07) is 12.5. The maximum atomic E-state index is 5.61. The number of hydrogen-bond acceptors (Lipinski definition) is 7. The maximum Gasteiger partial charge on any atom is 0.320 e. The molecule has 0 aliphatic carbocycles. The highest BCUT2D eigenvalue weighted by molar-refractivity contribution is 5.60. The van der Waals surface area contributed by atoms with E-state index in [1.807, 2.05) is 24.4 Å². The van der Waals surface area contributed by atoms with E-state index in [2.05, 4.69) is 40.0 Å². The zero-order chi connectivity index (χ0) is 19.3. The van der Waals surface area contributed by atoms with Gasteiger partial charge in [-0.25, -0.2) is 4.68 Å². The molecule has 8 nitrogen and oxygen atoms in total. The van der Waals surface area contributed by atoms with Gasteiger partial charge in [-0.05, 0) is 19.1 Å². The number of nitrogens with zero attached hydrogens (tertiary/aromatic N) is 5. The summed E-state index contributed by atoms with van der Waals surface area (Å²) < 4.78 is 12.8. The Morgan fingerprint density at radius 3 is 2.71 bits per heavy atom. The van der Waals surface area contributed by atoms with Crippen LogP contribution in [0, 0.1) is 6.92 Å². The van der Waals surface area contributed by atoms with Gasteiger partial charge in [0, 0.05) is 37.5 Å². The van der Waals surface area contributed by atoms with Crippen molar-refractivity contribution < 1.29 is 9.47 Å². The molecule has 3 aromatic rings. The Kier molecular flexibility index (Phi) is 5.50. The number of anilines is 1. The number of hydrogen-bond donors (Lipinski definition) is 1. The van der Waals surface area contributed by atoms with Gasteiger partial charge < -0.3 is 20.1 Å². The molecule has 1 aliphatic heterocycles. The number of aromatic nitrogens is 4. The molecule has 1 fully saturated rings. The number of aryl methyl sites for hydroxylation is 1. The molecule has 0 saturated carbocycles. The minimum atomic E-state index is 0.303. The Morgan fingerprint density at radius 2 is 1.93 bits per heavy atom. The van der Waals surface area contributed by atoms with Gasteiger partial charge in [0.05, 0.1) is 18.9 Å². The predicted octanol–water partition coefficient (Wildman–Crippen LogP) is 1.81. The van der Waals surface area contributed by atoms with Crippen LogP contribution in [-0.2, 0) is 4.74 Å². The van der Waals surface area contributed by atoms with Crippen molar-refractivity contribution in [3.05, 3.63) is 48.2 Å². The van der Waals surface area contributed by atoms with Crippen molar-refractivity contribution in [2.24, 2.45) is 5.73 Å². The summed E-state index contributed by atoms with van der Waals surface area (Å²) in [6.45, 7) is 5.75. The van der Waals surface area contributed by atoms with Gasteiger partial charge in [-0.3, -0.25) is 0 Å². The third-order valence-corrected chi connectivity index (χ3v) is 4.50. The quantitative estimate of drug-likeness (QED) is 0.697. The van der Waals surface area contributed by atoms with Crippen molar-refractivity contribution in [1.29, 1.82) is 0 Å². The van der Waals surface area contributed by atoms with E-state index in [4.69, 9.17) is 20.3 Å². The van der Waals surface area contributed by atoms with Gasteiger partial charge in [-0.2, -0.15) is 15.1 Å².